The van der Waals surface area contributed by atoms with Crippen molar-refractivity contribution in [1.29, 1.82) is 0 Å². The van der Waals surface area contributed by atoms with Crippen LogP contribution in [0, 0.1) is 0 Å². The summed E-state index contributed by atoms with van der Waals surface area (Å²) in [5, 5.41) is 0. The van der Waals surface area contributed by atoms with E-state index in [1.54, 1.807) is 19.1 Å². The highest BCUT2D eigenvalue weighted by atomic mass is 32.2. The summed E-state index contributed by atoms with van der Waals surface area (Å²) in [5.41, 5.74) is 5.57. The van der Waals surface area contributed by atoms with E-state index >= 15 is 0 Å². The highest BCUT2D eigenvalue weighted by Gasteiger charge is 2.24. The Kier molecular flexibility index (Phi) is 4.17. The van der Waals surface area contributed by atoms with Crippen LogP contribution in [0.15, 0.2) is 46.0 Å². The largest absolute Gasteiger partial charge is 0.468 e. The van der Waals surface area contributed by atoms with Crippen LogP contribution < -0.4 is 10.5 Å². The van der Waals surface area contributed by atoms with Crippen LogP contribution in [0.2, 0.25) is 0 Å². The maximum absolute atomic E-state index is 12.4. The zero-order valence-electron chi connectivity index (χ0n) is 10.6. The summed E-state index contributed by atoms with van der Waals surface area (Å²) in [6.45, 7) is 1.67. The number of sulfonamides is 1. The number of nitrogens with one attached hydrogen (secondary N) is 1. The van der Waals surface area contributed by atoms with Gasteiger partial charge in [0.1, 0.15) is 21.3 Å². The third kappa shape index (κ3) is 3.03. The lowest BCUT2D eigenvalue weighted by molar-refractivity contribution is 0.459. The molecule has 0 aliphatic rings. The van der Waals surface area contributed by atoms with Gasteiger partial charge in [0.2, 0.25) is 10.0 Å². The molecule has 0 radical (unpaired) electrons. The van der Waals surface area contributed by atoms with Gasteiger partial charge in [-0.3, -0.25) is 4.98 Å². The summed E-state index contributed by atoms with van der Waals surface area (Å²) in [6, 6.07) is 5.76. The number of rotatable bonds is 5. The molecule has 0 fully saturated rings. The maximum Gasteiger partial charge on any atom is 0.243 e. The molecule has 2 aromatic heterocycles. The minimum Gasteiger partial charge on any atom is -0.468 e. The second kappa shape index (κ2) is 5.70. The smallest absolute Gasteiger partial charge is 0.243 e. The van der Waals surface area contributed by atoms with Gasteiger partial charge in [0.05, 0.1) is 12.3 Å². The molecule has 0 spiro atoms. The lowest BCUT2D eigenvalue weighted by Crippen LogP contribution is -2.29. The van der Waals surface area contributed by atoms with Crippen LogP contribution in [-0.4, -0.2) is 18.4 Å². The summed E-state index contributed by atoms with van der Waals surface area (Å²) < 4.78 is 32.4. The summed E-state index contributed by atoms with van der Waals surface area (Å²) in [5.74, 6) is 0.509. The van der Waals surface area contributed by atoms with E-state index in [0.717, 1.165) is 0 Å². The van der Waals surface area contributed by atoms with Crippen LogP contribution in [0.4, 0.5) is 0 Å². The van der Waals surface area contributed by atoms with E-state index in [9.17, 15) is 8.42 Å². The first kappa shape index (κ1) is 14.6. The molecule has 0 saturated heterocycles. The summed E-state index contributed by atoms with van der Waals surface area (Å²) >= 11 is 4.82. The van der Waals surface area contributed by atoms with E-state index in [-0.39, 0.29) is 15.6 Å². The average Bonchev–Trinajstić information content (AvgIpc) is 2.92. The first-order valence-corrected chi connectivity index (χ1v) is 7.61. The molecule has 0 amide bonds. The highest BCUT2D eigenvalue weighted by molar-refractivity contribution is 7.89. The molecule has 106 valence electrons. The van der Waals surface area contributed by atoms with Crippen molar-refractivity contribution in [1.82, 2.24) is 9.71 Å². The van der Waals surface area contributed by atoms with Crippen molar-refractivity contribution >= 4 is 27.2 Å². The number of pyridine rings is 1. The Morgan fingerprint density at radius 1 is 1.45 bits per heavy atom. The van der Waals surface area contributed by atoms with Crippen LogP contribution >= 0.6 is 12.2 Å². The fourth-order valence-electron chi connectivity index (χ4n) is 1.68. The van der Waals surface area contributed by atoms with Crippen molar-refractivity contribution in [3.05, 3.63) is 48.2 Å². The van der Waals surface area contributed by atoms with Gasteiger partial charge in [-0.25, -0.2) is 13.1 Å². The van der Waals surface area contributed by atoms with E-state index in [1.807, 2.05) is 0 Å². The normalized spacial score (nSPS) is 13.1. The first-order chi connectivity index (χ1) is 9.42. The Morgan fingerprint density at radius 2 is 2.20 bits per heavy atom. The number of hydrogen-bond donors (Lipinski definition) is 2. The lowest BCUT2D eigenvalue weighted by Gasteiger charge is -2.13. The average molecular weight is 311 g/mol. The van der Waals surface area contributed by atoms with Gasteiger partial charge in [0.25, 0.3) is 0 Å². The Bertz CT molecular complexity index is 711. The molecule has 8 heteroatoms. The molecular weight excluding hydrogens is 298 g/mol. The molecule has 0 aliphatic carbocycles. The predicted octanol–water partition coefficient (Wildman–Crippen LogP) is 1.35. The van der Waals surface area contributed by atoms with Gasteiger partial charge >= 0.3 is 0 Å². The van der Waals surface area contributed by atoms with Gasteiger partial charge < -0.3 is 10.2 Å². The lowest BCUT2D eigenvalue weighted by atomic mass is 10.3. The van der Waals surface area contributed by atoms with Gasteiger partial charge in [-0.05, 0) is 31.2 Å². The van der Waals surface area contributed by atoms with Crippen molar-refractivity contribution in [2.24, 2.45) is 5.73 Å². The van der Waals surface area contributed by atoms with Gasteiger partial charge in [-0.15, -0.1) is 0 Å². The Hall–Kier alpha value is -1.77. The fourth-order valence-corrected chi connectivity index (χ4v) is 3.30. The SMILES string of the molecule is CC(NS(=O)(=O)c1cccnc1C(N)=S)c1ccco1. The van der Waals surface area contributed by atoms with Crippen LogP contribution in [0.3, 0.4) is 0 Å². The molecule has 0 saturated carbocycles. The third-order valence-corrected chi connectivity index (χ3v) is 4.36. The van der Waals surface area contributed by atoms with Crippen molar-refractivity contribution in [2.75, 3.05) is 0 Å². The van der Waals surface area contributed by atoms with Crippen LogP contribution in [0.5, 0.6) is 0 Å². The molecule has 0 aliphatic heterocycles. The second-order valence-corrected chi connectivity index (χ2v) is 6.20. The van der Waals surface area contributed by atoms with Gasteiger partial charge in [0.15, 0.2) is 0 Å². The molecule has 0 bridgehead atoms. The zero-order chi connectivity index (χ0) is 14.8. The minimum absolute atomic E-state index is 0.0501. The summed E-state index contributed by atoms with van der Waals surface area (Å²) in [4.78, 5) is 3.78. The summed E-state index contributed by atoms with van der Waals surface area (Å²) in [7, 11) is -3.80. The van der Waals surface area contributed by atoms with Crippen LogP contribution in [0.25, 0.3) is 0 Å². The molecule has 2 rings (SSSR count). The minimum atomic E-state index is -3.80. The van der Waals surface area contributed by atoms with Gasteiger partial charge in [-0.2, -0.15) is 0 Å². The Labute approximate surface area is 122 Å². The second-order valence-electron chi connectivity index (χ2n) is 4.07. The molecule has 1 unspecified atom stereocenters. The number of nitrogens with zero attached hydrogens (tertiary/aromatic N) is 1. The molecule has 3 N–H and O–H groups in total. The quantitative estimate of drug-likeness (QED) is 0.809. The van der Waals surface area contributed by atoms with Crippen molar-refractivity contribution in [2.45, 2.75) is 17.9 Å². The molecular formula is C12H13N3O3S2. The van der Waals surface area contributed by atoms with E-state index in [0.29, 0.717) is 5.76 Å². The first-order valence-electron chi connectivity index (χ1n) is 5.72. The Balaban J connectivity index is 2.34. The van der Waals surface area contributed by atoms with Crippen LogP contribution in [-0.2, 0) is 10.0 Å². The van der Waals surface area contributed by atoms with Crippen molar-refractivity contribution in [3.63, 3.8) is 0 Å². The number of nitrogens with two attached hydrogens (primary N) is 1. The van der Waals surface area contributed by atoms with E-state index in [2.05, 4.69) is 9.71 Å². The van der Waals surface area contributed by atoms with Crippen LogP contribution in [0.1, 0.15) is 24.4 Å². The van der Waals surface area contributed by atoms with Crippen molar-refractivity contribution < 1.29 is 12.8 Å². The topological polar surface area (TPSA) is 98.2 Å². The van der Waals surface area contributed by atoms with E-state index < -0.39 is 16.1 Å². The standard InChI is InChI=1S/C12H13N3O3S2/c1-8(9-4-3-7-18-9)15-20(16,17)10-5-2-6-14-11(10)12(13)19/h2-8,15H,1H3,(H2,13,19). The third-order valence-electron chi connectivity index (χ3n) is 2.60. The molecule has 2 heterocycles. The number of furan rings is 1. The summed E-state index contributed by atoms with van der Waals surface area (Å²) in [6.07, 6.45) is 2.91. The molecule has 1 atom stereocenters. The fraction of sp³-hybridized carbons (Fsp3) is 0.167. The maximum atomic E-state index is 12.4. The molecule has 0 aromatic carbocycles. The predicted molar refractivity (Wildman–Crippen MR) is 77.6 cm³/mol. The van der Waals surface area contributed by atoms with E-state index in [4.69, 9.17) is 22.4 Å². The number of hydrogen-bond acceptors (Lipinski definition) is 5. The number of aromatic nitrogens is 1. The highest BCUT2D eigenvalue weighted by Crippen LogP contribution is 2.18. The monoisotopic (exact) mass is 311 g/mol. The Morgan fingerprint density at radius 3 is 2.80 bits per heavy atom. The molecule has 20 heavy (non-hydrogen) atoms. The zero-order valence-corrected chi connectivity index (χ0v) is 12.2. The molecule has 6 nitrogen and oxygen atoms in total. The number of thiocarbonyl (C=S) groups is 1. The van der Waals surface area contributed by atoms with E-state index in [1.165, 1.54) is 24.6 Å². The van der Waals surface area contributed by atoms with Gasteiger partial charge in [0, 0.05) is 6.20 Å². The van der Waals surface area contributed by atoms with Gasteiger partial charge in [-0.1, -0.05) is 12.2 Å². The molecule has 2 aromatic rings. The van der Waals surface area contributed by atoms with Crippen molar-refractivity contribution in [3.8, 4) is 0 Å².